The number of allylic oxidation sites excluding steroid dienone is 4. The van der Waals surface area contributed by atoms with Gasteiger partial charge in [0.2, 0.25) is 0 Å². The molecule has 0 bridgehead atoms. The third-order valence-corrected chi connectivity index (χ3v) is 4.43. The van der Waals surface area contributed by atoms with Gasteiger partial charge in [-0.05, 0) is 17.8 Å². The molecule has 0 saturated heterocycles. The van der Waals surface area contributed by atoms with Crippen LogP contribution in [0.25, 0.3) is 0 Å². The molecule has 0 heterocycles. The highest BCUT2D eigenvalue weighted by atomic mass is 35.5. The monoisotopic (exact) mass is 302 g/mol. The zero-order valence-corrected chi connectivity index (χ0v) is 14.4. The Morgan fingerprint density at radius 1 is 0.947 bits per heavy atom. The Morgan fingerprint density at radius 2 is 1.26 bits per heavy atom. The lowest BCUT2D eigenvalue weighted by Crippen LogP contribution is -2.34. The first-order valence-electron chi connectivity index (χ1n) is 6.58. The molecule has 0 saturated carbocycles. The average molecular weight is 303 g/mol. The number of rotatable bonds is 1. The van der Waals surface area contributed by atoms with E-state index in [1.54, 1.807) is 0 Å². The zero-order chi connectivity index (χ0) is 15.2. The van der Waals surface area contributed by atoms with Gasteiger partial charge in [-0.15, -0.1) is 23.2 Å². The van der Waals surface area contributed by atoms with E-state index in [4.69, 9.17) is 23.2 Å². The van der Waals surface area contributed by atoms with Gasteiger partial charge in [0.25, 0.3) is 0 Å². The molecule has 0 aromatic carbocycles. The molecule has 0 atom stereocenters. The number of alkyl halides is 2. The van der Waals surface area contributed by atoms with Crippen molar-refractivity contribution in [2.45, 2.75) is 53.3 Å². The van der Waals surface area contributed by atoms with Gasteiger partial charge in [0.05, 0.1) is 0 Å². The van der Waals surface area contributed by atoms with Crippen LogP contribution < -0.4 is 0 Å². The molecule has 0 unspecified atom stereocenters. The Morgan fingerprint density at radius 3 is 1.47 bits per heavy atom. The van der Waals surface area contributed by atoms with E-state index in [-0.39, 0.29) is 16.6 Å². The van der Waals surface area contributed by atoms with E-state index in [9.17, 15) is 4.79 Å². The highest BCUT2D eigenvalue weighted by Crippen LogP contribution is 2.46. The van der Waals surface area contributed by atoms with Crippen LogP contribution in [0.3, 0.4) is 0 Å². The maximum Gasteiger partial charge on any atom is 0.185 e. The molecule has 1 rings (SSSR count). The van der Waals surface area contributed by atoms with Gasteiger partial charge in [0.1, 0.15) is 4.84 Å². The predicted molar refractivity (Wildman–Crippen MR) is 83.7 cm³/mol. The van der Waals surface area contributed by atoms with Crippen LogP contribution in [0.15, 0.2) is 23.3 Å². The van der Waals surface area contributed by atoms with Gasteiger partial charge in [-0.25, -0.2) is 0 Å². The summed E-state index contributed by atoms with van der Waals surface area (Å²) in [6, 6.07) is 0. The second-order valence-electron chi connectivity index (χ2n) is 7.61. The number of ketones is 1. The molecular formula is C16H24Cl2O. The van der Waals surface area contributed by atoms with Crippen LogP contribution in [-0.4, -0.2) is 10.6 Å². The number of carbonyl (C=O) groups excluding carboxylic acids is 1. The number of hydrogen-bond donors (Lipinski definition) is 0. The standard InChI is InChI=1S/C16H24Cl2O/c1-14(2,3)10-8-16(7,13(17)18)9-11(12(10)19)15(4,5)6/h8-9,13H,1-7H3. The smallest absolute Gasteiger partial charge is 0.185 e. The minimum atomic E-state index is -0.574. The van der Waals surface area contributed by atoms with Crippen LogP contribution in [0.2, 0.25) is 0 Å². The average Bonchev–Trinajstić information content (AvgIpc) is 2.17. The molecule has 0 spiro atoms. The summed E-state index contributed by atoms with van der Waals surface area (Å²) in [5, 5.41) is 0. The van der Waals surface area contributed by atoms with Crippen LogP contribution in [0.5, 0.6) is 0 Å². The number of hydrogen-bond acceptors (Lipinski definition) is 1. The van der Waals surface area contributed by atoms with E-state index in [1.807, 2.05) is 60.6 Å². The molecule has 0 aromatic heterocycles. The van der Waals surface area contributed by atoms with E-state index in [2.05, 4.69) is 0 Å². The quantitative estimate of drug-likeness (QED) is 0.599. The first-order chi connectivity index (χ1) is 8.29. The maximum absolute atomic E-state index is 12.7. The Hall–Kier alpha value is -0.270. The number of Topliss-reactive ketones (excluding diaryl/α,β-unsaturated/α-hetero) is 1. The van der Waals surface area contributed by atoms with Gasteiger partial charge in [0.15, 0.2) is 5.78 Å². The molecule has 0 aromatic rings. The van der Waals surface area contributed by atoms with Crippen LogP contribution in [0, 0.1) is 16.2 Å². The highest BCUT2D eigenvalue weighted by Gasteiger charge is 2.41. The Kier molecular flexibility index (Phi) is 4.35. The topological polar surface area (TPSA) is 17.1 Å². The fourth-order valence-corrected chi connectivity index (χ4v) is 2.43. The minimum Gasteiger partial charge on any atom is -0.289 e. The van der Waals surface area contributed by atoms with Gasteiger partial charge >= 0.3 is 0 Å². The van der Waals surface area contributed by atoms with Crippen LogP contribution in [0.4, 0.5) is 0 Å². The van der Waals surface area contributed by atoms with E-state index in [1.165, 1.54) is 0 Å². The van der Waals surface area contributed by atoms with Gasteiger partial charge in [-0.3, -0.25) is 4.79 Å². The SMILES string of the molecule is CC(C)(C)C1=CC(C)(C(Cl)Cl)C=C(C(C)(C)C)C1=O. The molecule has 0 N–H and O–H groups in total. The number of halogens is 2. The second kappa shape index (κ2) is 4.93. The van der Waals surface area contributed by atoms with E-state index in [0.29, 0.717) is 0 Å². The molecular weight excluding hydrogens is 279 g/mol. The lowest BCUT2D eigenvalue weighted by atomic mass is 9.67. The summed E-state index contributed by atoms with van der Waals surface area (Å²) in [5.41, 5.74) is 0.669. The first kappa shape index (κ1) is 16.8. The van der Waals surface area contributed by atoms with Gasteiger partial charge < -0.3 is 0 Å². The molecule has 0 amide bonds. The summed E-state index contributed by atoms with van der Waals surface area (Å²) in [6.07, 6.45) is 3.88. The lowest BCUT2D eigenvalue weighted by molar-refractivity contribution is -0.114. The van der Waals surface area contributed by atoms with Crippen molar-refractivity contribution in [3.63, 3.8) is 0 Å². The molecule has 1 aliphatic rings. The zero-order valence-electron chi connectivity index (χ0n) is 12.9. The lowest BCUT2D eigenvalue weighted by Gasteiger charge is -2.38. The summed E-state index contributed by atoms with van der Waals surface area (Å²) in [5.74, 6) is 0.117. The van der Waals surface area contributed by atoms with Crippen LogP contribution in [-0.2, 0) is 4.79 Å². The van der Waals surface area contributed by atoms with Crippen LogP contribution in [0.1, 0.15) is 48.5 Å². The summed E-state index contributed by atoms with van der Waals surface area (Å²) < 4.78 is 0. The molecule has 108 valence electrons. The van der Waals surface area contributed by atoms with E-state index >= 15 is 0 Å². The predicted octanol–water partition coefficient (Wildman–Crippen LogP) is 5.32. The van der Waals surface area contributed by atoms with Crippen molar-refractivity contribution in [3.8, 4) is 0 Å². The van der Waals surface area contributed by atoms with Crippen LogP contribution >= 0.6 is 23.2 Å². The van der Waals surface area contributed by atoms with Gasteiger partial charge in [-0.1, -0.05) is 53.7 Å². The van der Waals surface area contributed by atoms with E-state index in [0.717, 1.165) is 11.1 Å². The fraction of sp³-hybridized carbons (Fsp3) is 0.688. The van der Waals surface area contributed by atoms with Crippen molar-refractivity contribution < 1.29 is 4.79 Å². The molecule has 1 nitrogen and oxygen atoms in total. The Bertz CT molecular complexity index is 408. The molecule has 19 heavy (non-hydrogen) atoms. The summed E-state index contributed by atoms with van der Waals surface area (Å²) >= 11 is 12.3. The Labute approximate surface area is 127 Å². The van der Waals surface area contributed by atoms with Crippen molar-refractivity contribution in [1.82, 2.24) is 0 Å². The van der Waals surface area contributed by atoms with Crippen molar-refractivity contribution in [1.29, 1.82) is 0 Å². The summed E-state index contributed by atoms with van der Waals surface area (Å²) in [6.45, 7) is 14.2. The minimum absolute atomic E-state index is 0.117. The van der Waals surface area contributed by atoms with Crippen molar-refractivity contribution in [2.24, 2.45) is 16.2 Å². The second-order valence-corrected chi connectivity index (χ2v) is 8.71. The largest absolute Gasteiger partial charge is 0.289 e. The fourth-order valence-electron chi connectivity index (χ4n) is 2.18. The highest BCUT2D eigenvalue weighted by molar-refractivity contribution is 6.45. The maximum atomic E-state index is 12.7. The Balaban J connectivity index is 3.48. The molecule has 1 aliphatic carbocycles. The van der Waals surface area contributed by atoms with Gasteiger partial charge in [-0.2, -0.15) is 0 Å². The van der Waals surface area contributed by atoms with Crippen molar-refractivity contribution in [3.05, 3.63) is 23.3 Å². The van der Waals surface area contributed by atoms with Gasteiger partial charge in [0, 0.05) is 16.6 Å². The van der Waals surface area contributed by atoms with Crippen molar-refractivity contribution >= 4 is 29.0 Å². The molecule has 0 aliphatic heterocycles. The summed E-state index contributed by atoms with van der Waals surface area (Å²) in [7, 11) is 0. The normalized spacial score (nSPS) is 20.4. The summed E-state index contributed by atoms with van der Waals surface area (Å²) in [4.78, 5) is 12.1. The first-order valence-corrected chi connectivity index (χ1v) is 7.46. The molecule has 0 radical (unpaired) electrons. The molecule has 3 heteroatoms. The third kappa shape index (κ3) is 3.44. The van der Waals surface area contributed by atoms with Crippen molar-refractivity contribution in [2.75, 3.05) is 0 Å². The number of carbonyl (C=O) groups is 1. The van der Waals surface area contributed by atoms with E-state index < -0.39 is 10.3 Å². The third-order valence-electron chi connectivity index (χ3n) is 3.49. The molecule has 0 fully saturated rings.